The van der Waals surface area contributed by atoms with Gasteiger partial charge in [0.2, 0.25) is 5.91 Å². The second-order valence-corrected chi connectivity index (χ2v) is 9.50. The minimum absolute atomic E-state index is 0.0471. The molecule has 0 aliphatic rings. The number of carbonyl (C=O) groups is 2. The molecule has 2 amide bonds. The number of phenols is 1. The number of aromatic hydroxyl groups is 1. The highest BCUT2D eigenvalue weighted by molar-refractivity contribution is 7.92. The standard InChI is InChI=1S/C25H26N4O7S/c1-17(30)27-19-5-11-22(12-6-19)37(33,34)29(20-7-9-21(35-2)10-8-20)16-25(32)28-26-15-18-4-13-23(31)24(14-18)36-3/h4-15,31H,16H2,1-3H3,(H,27,30)(H,28,32)/b26-15-. The normalized spacial score (nSPS) is 11.1. The van der Waals surface area contributed by atoms with Crippen molar-refractivity contribution >= 4 is 39.4 Å². The Balaban J connectivity index is 1.84. The Morgan fingerprint density at radius 2 is 1.68 bits per heavy atom. The van der Waals surface area contributed by atoms with Gasteiger partial charge < -0.3 is 19.9 Å². The van der Waals surface area contributed by atoms with Crippen LogP contribution in [0.1, 0.15) is 12.5 Å². The summed E-state index contributed by atoms with van der Waals surface area (Å²) in [5.41, 5.74) is 3.51. The summed E-state index contributed by atoms with van der Waals surface area (Å²) < 4.78 is 38.1. The van der Waals surface area contributed by atoms with Gasteiger partial charge in [-0.25, -0.2) is 13.8 Å². The maximum Gasteiger partial charge on any atom is 0.264 e. The molecule has 37 heavy (non-hydrogen) atoms. The first-order valence-electron chi connectivity index (χ1n) is 10.9. The number of rotatable bonds is 10. The number of hydrogen-bond donors (Lipinski definition) is 3. The lowest BCUT2D eigenvalue weighted by Gasteiger charge is -2.24. The van der Waals surface area contributed by atoms with E-state index in [1.54, 1.807) is 18.2 Å². The zero-order valence-corrected chi connectivity index (χ0v) is 21.2. The van der Waals surface area contributed by atoms with Crippen LogP contribution in [0.15, 0.2) is 76.7 Å². The Bertz CT molecular complexity index is 1390. The number of carbonyl (C=O) groups excluding carboxylic acids is 2. The molecule has 11 nitrogen and oxygen atoms in total. The summed E-state index contributed by atoms with van der Waals surface area (Å²) in [4.78, 5) is 23.9. The molecule has 0 saturated carbocycles. The van der Waals surface area contributed by atoms with Gasteiger partial charge in [-0.15, -0.1) is 0 Å². The van der Waals surface area contributed by atoms with Gasteiger partial charge in [-0.05, 0) is 72.3 Å². The van der Waals surface area contributed by atoms with E-state index in [-0.39, 0.29) is 28.0 Å². The van der Waals surface area contributed by atoms with Crippen LogP contribution in [0, 0.1) is 0 Å². The second kappa shape index (κ2) is 11.9. The third kappa shape index (κ3) is 6.98. The molecule has 3 N–H and O–H groups in total. The minimum Gasteiger partial charge on any atom is -0.504 e. The van der Waals surface area contributed by atoms with E-state index in [4.69, 9.17) is 9.47 Å². The lowest BCUT2D eigenvalue weighted by Crippen LogP contribution is -2.39. The Hall–Kier alpha value is -4.58. The van der Waals surface area contributed by atoms with Crippen molar-refractivity contribution < 1.29 is 32.6 Å². The van der Waals surface area contributed by atoms with Crippen LogP contribution in [-0.2, 0) is 19.6 Å². The molecule has 194 valence electrons. The number of methoxy groups -OCH3 is 2. The molecule has 3 aromatic carbocycles. The fourth-order valence-electron chi connectivity index (χ4n) is 3.22. The van der Waals surface area contributed by atoms with Gasteiger partial charge in [-0.3, -0.25) is 13.9 Å². The minimum atomic E-state index is -4.18. The van der Waals surface area contributed by atoms with Crippen molar-refractivity contribution in [3.8, 4) is 17.2 Å². The van der Waals surface area contributed by atoms with E-state index >= 15 is 0 Å². The van der Waals surface area contributed by atoms with Crippen molar-refractivity contribution in [3.05, 3.63) is 72.3 Å². The first kappa shape index (κ1) is 27.0. The molecule has 0 aromatic heterocycles. The van der Waals surface area contributed by atoms with Crippen LogP contribution >= 0.6 is 0 Å². The molecule has 12 heteroatoms. The molecular formula is C25H26N4O7S. The van der Waals surface area contributed by atoms with Gasteiger partial charge in [0.15, 0.2) is 11.5 Å². The summed E-state index contributed by atoms with van der Waals surface area (Å²) in [5, 5.41) is 16.1. The van der Waals surface area contributed by atoms with Crippen LogP contribution in [0.2, 0.25) is 0 Å². The fourth-order valence-corrected chi connectivity index (χ4v) is 4.64. The highest BCUT2D eigenvalue weighted by Gasteiger charge is 2.27. The van der Waals surface area contributed by atoms with E-state index in [0.717, 1.165) is 4.31 Å². The van der Waals surface area contributed by atoms with Crippen molar-refractivity contribution in [2.45, 2.75) is 11.8 Å². The molecule has 0 bridgehead atoms. The van der Waals surface area contributed by atoms with Crippen molar-refractivity contribution in [2.75, 3.05) is 30.4 Å². The number of anilines is 2. The molecule has 0 aliphatic heterocycles. The molecular weight excluding hydrogens is 500 g/mol. The lowest BCUT2D eigenvalue weighted by atomic mass is 10.2. The van der Waals surface area contributed by atoms with Gasteiger partial charge in [0, 0.05) is 12.6 Å². The monoisotopic (exact) mass is 526 g/mol. The molecule has 0 radical (unpaired) electrons. The quantitative estimate of drug-likeness (QED) is 0.272. The maximum absolute atomic E-state index is 13.5. The third-order valence-corrected chi connectivity index (χ3v) is 6.81. The molecule has 0 heterocycles. The van der Waals surface area contributed by atoms with Crippen molar-refractivity contribution in [1.82, 2.24) is 5.43 Å². The zero-order valence-electron chi connectivity index (χ0n) is 20.3. The summed E-state index contributed by atoms with van der Waals surface area (Å²) in [6.07, 6.45) is 1.33. The van der Waals surface area contributed by atoms with Gasteiger partial charge >= 0.3 is 0 Å². The number of nitrogens with zero attached hydrogens (tertiary/aromatic N) is 2. The first-order chi connectivity index (χ1) is 17.6. The third-order valence-electron chi connectivity index (χ3n) is 5.02. The number of ether oxygens (including phenoxy) is 2. The van der Waals surface area contributed by atoms with Gasteiger partial charge in [-0.1, -0.05) is 0 Å². The van der Waals surface area contributed by atoms with Crippen molar-refractivity contribution in [1.29, 1.82) is 0 Å². The number of hydrogen-bond acceptors (Lipinski definition) is 8. The maximum atomic E-state index is 13.5. The van der Waals surface area contributed by atoms with Gasteiger partial charge in [0.1, 0.15) is 12.3 Å². The summed E-state index contributed by atoms with van der Waals surface area (Å²) in [5.74, 6) is -0.292. The summed E-state index contributed by atoms with van der Waals surface area (Å²) in [6.45, 7) is 0.771. The highest BCUT2D eigenvalue weighted by Crippen LogP contribution is 2.27. The van der Waals surface area contributed by atoms with Crippen LogP contribution in [0.5, 0.6) is 17.2 Å². The average Bonchev–Trinajstić information content (AvgIpc) is 2.88. The Kier molecular flexibility index (Phi) is 8.69. The topological polar surface area (TPSA) is 147 Å². The van der Waals surface area contributed by atoms with E-state index in [9.17, 15) is 23.1 Å². The molecule has 0 fully saturated rings. The molecule has 3 aromatic rings. The Labute approximate surface area is 214 Å². The number of benzene rings is 3. The summed E-state index contributed by atoms with van der Waals surface area (Å²) in [7, 11) is -1.30. The molecule has 0 atom stereocenters. The Morgan fingerprint density at radius 1 is 1.00 bits per heavy atom. The van der Waals surface area contributed by atoms with Gasteiger partial charge in [-0.2, -0.15) is 5.10 Å². The largest absolute Gasteiger partial charge is 0.504 e. The number of phenolic OH excluding ortho intramolecular Hbond substituents is 1. The zero-order chi connectivity index (χ0) is 27.0. The molecule has 0 spiro atoms. The molecule has 0 unspecified atom stereocenters. The van der Waals surface area contributed by atoms with Crippen molar-refractivity contribution in [3.63, 3.8) is 0 Å². The number of nitrogens with one attached hydrogen (secondary N) is 2. The first-order valence-corrected chi connectivity index (χ1v) is 12.3. The van der Waals surface area contributed by atoms with Crippen LogP contribution in [0.25, 0.3) is 0 Å². The van der Waals surface area contributed by atoms with Crippen LogP contribution in [-0.4, -0.2) is 52.3 Å². The lowest BCUT2D eigenvalue weighted by molar-refractivity contribution is -0.119. The number of hydrazone groups is 1. The molecule has 0 saturated heterocycles. The molecule has 3 rings (SSSR count). The van der Waals surface area contributed by atoms with Gasteiger partial charge in [0.05, 0.1) is 31.0 Å². The molecule has 0 aliphatic carbocycles. The predicted octanol–water partition coefficient (Wildman–Crippen LogP) is 2.71. The fraction of sp³-hybridized carbons (Fsp3) is 0.160. The van der Waals surface area contributed by atoms with E-state index in [2.05, 4.69) is 15.8 Å². The van der Waals surface area contributed by atoms with Crippen LogP contribution < -0.4 is 24.5 Å². The summed E-state index contributed by atoms with van der Waals surface area (Å²) in [6, 6.07) is 16.3. The van der Waals surface area contributed by atoms with Crippen LogP contribution in [0.3, 0.4) is 0 Å². The number of sulfonamides is 1. The predicted molar refractivity (Wildman–Crippen MR) is 139 cm³/mol. The van der Waals surface area contributed by atoms with E-state index < -0.39 is 22.5 Å². The van der Waals surface area contributed by atoms with Crippen LogP contribution in [0.4, 0.5) is 11.4 Å². The summed E-state index contributed by atoms with van der Waals surface area (Å²) >= 11 is 0. The average molecular weight is 527 g/mol. The van der Waals surface area contributed by atoms with E-state index in [0.29, 0.717) is 17.0 Å². The van der Waals surface area contributed by atoms with Gasteiger partial charge in [0.25, 0.3) is 15.9 Å². The van der Waals surface area contributed by atoms with E-state index in [1.165, 1.54) is 75.9 Å². The number of amides is 2. The smallest absolute Gasteiger partial charge is 0.264 e. The highest BCUT2D eigenvalue weighted by atomic mass is 32.2. The Morgan fingerprint density at radius 3 is 2.27 bits per heavy atom. The second-order valence-electron chi connectivity index (χ2n) is 7.64. The van der Waals surface area contributed by atoms with E-state index in [1.807, 2.05) is 0 Å². The SMILES string of the molecule is COc1ccc(N(CC(=O)N/N=C\c2ccc(O)c(OC)c2)S(=O)(=O)c2ccc(NC(C)=O)cc2)cc1. The van der Waals surface area contributed by atoms with Crippen molar-refractivity contribution in [2.24, 2.45) is 5.10 Å².